The highest BCUT2D eigenvalue weighted by atomic mass is 127. The second-order valence-electron chi connectivity index (χ2n) is 4.42. The molecule has 0 heterocycles. The third kappa shape index (κ3) is 2.97. The molecule has 1 atom stereocenters. The van der Waals surface area contributed by atoms with Gasteiger partial charge in [-0.15, -0.1) is 0 Å². The van der Waals surface area contributed by atoms with Gasteiger partial charge >= 0.3 is 0 Å². The first-order valence-electron chi connectivity index (χ1n) is 5.62. The molecule has 2 nitrogen and oxygen atoms in total. The molecule has 0 amide bonds. The maximum atomic E-state index is 5.68. The van der Waals surface area contributed by atoms with E-state index in [4.69, 9.17) is 5.84 Å². The molecular weight excluding hydrogens is 379 g/mol. The number of hydrazine groups is 1. The SMILES string of the molecule is NNC(CC1CCC1)c1cc(I)ccc1Br. The molecule has 0 bridgehead atoms. The number of nitrogens with one attached hydrogen (secondary N) is 1. The lowest BCUT2D eigenvalue weighted by Crippen LogP contribution is -2.31. The van der Waals surface area contributed by atoms with Crippen molar-refractivity contribution >= 4 is 38.5 Å². The van der Waals surface area contributed by atoms with E-state index >= 15 is 0 Å². The molecule has 3 N–H and O–H groups in total. The first-order chi connectivity index (χ1) is 7.70. The van der Waals surface area contributed by atoms with E-state index in [2.05, 4.69) is 62.1 Å². The zero-order valence-electron chi connectivity index (χ0n) is 9.05. The molecule has 88 valence electrons. The summed E-state index contributed by atoms with van der Waals surface area (Å²) in [6, 6.07) is 6.68. The summed E-state index contributed by atoms with van der Waals surface area (Å²) < 4.78 is 2.40. The quantitative estimate of drug-likeness (QED) is 0.463. The van der Waals surface area contributed by atoms with Crippen molar-refractivity contribution in [2.75, 3.05) is 0 Å². The van der Waals surface area contributed by atoms with Crippen molar-refractivity contribution in [3.8, 4) is 0 Å². The lowest BCUT2D eigenvalue weighted by atomic mass is 9.80. The maximum absolute atomic E-state index is 5.68. The third-order valence-corrected chi connectivity index (χ3v) is 4.72. The molecule has 0 saturated heterocycles. The van der Waals surface area contributed by atoms with Crippen molar-refractivity contribution in [1.29, 1.82) is 0 Å². The number of benzene rings is 1. The fourth-order valence-electron chi connectivity index (χ4n) is 2.13. The van der Waals surface area contributed by atoms with Crippen LogP contribution in [0.4, 0.5) is 0 Å². The van der Waals surface area contributed by atoms with Gasteiger partial charge < -0.3 is 0 Å². The number of hydrogen-bond donors (Lipinski definition) is 2. The Morgan fingerprint density at radius 2 is 2.25 bits per heavy atom. The lowest BCUT2D eigenvalue weighted by molar-refractivity contribution is 0.261. The number of halogens is 2. The van der Waals surface area contributed by atoms with Gasteiger partial charge in [0.15, 0.2) is 0 Å². The summed E-state index contributed by atoms with van der Waals surface area (Å²) in [6.45, 7) is 0. The van der Waals surface area contributed by atoms with Crippen molar-refractivity contribution in [2.45, 2.75) is 31.7 Å². The Hall–Kier alpha value is 0.350. The first-order valence-corrected chi connectivity index (χ1v) is 7.49. The van der Waals surface area contributed by atoms with Gasteiger partial charge in [0.2, 0.25) is 0 Å². The summed E-state index contributed by atoms with van der Waals surface area (Å²) in [4.78, 5) is 0. The van der Waals surface area contributed by atoms with Crippen molar-refractivity contribution in [3.05, 3.63) is 31.8 Å². The molecule has 1 aromatic carbocycles. The minimum absolute atomic E-state index is 0.273. The Labute approximate surface area is 119 Å². The fraction of sp³-hybridized carbons (Fsp3) is 0.500. The van der Waals surface area contributed by atoms with E-state index in [0.717, 1.165) is 16.8 Å². The zero-order chi connectivity index (χ0) is 11.5. The lowest BCUT2D eigenvalue weighted by Gasteiger charge is -2.30. The molecular formula is C12H16BrIN2. The van der Waals surface area contributed by atoms with E-state index in [1.807, 2.05) is 0 Å². The molecule has 0 aromatic heterocycles. The number of nitrogens with two attached hydrogens (primary N) is 1. The number of hydrogen-bond acceptors (Lipinski definition) is 2. The van der Waals surface area contributed by atoms with Gasteiger partial charge in [-0.1, -0.05) is 35.2 Å². The molecule has 1 saturated carbocycles. The molecule has 0 spiro atoms. The van der Waals surface area contributed by atoms with Crippen LogP contribution in [0.3, 0.4) is 0 Å². The predicted molar refractivity (Wildman–Crippen MR) is 78.9 cm³/mol. The Morgan fingerprint density at radius 3 is 2.81 bits per heavy atom. The molecule has 1 aliphatic rings. The van der Waals surface area contributed by atoms with E-state index in [0.29, 0.717) is 0 Å². The largest absolute Gasteiger partial charge is 0.271 e. The molecule has 1 unspecified atom stereocenters. The van der Waals surface area contributed by atoms with Gasteiger partial charge in [0.25, 0.3) is 0 Å². The summed E-state index contributed by atoms with van der Waals surface area (Å²) in [5.41, 5.74) is 4.23. The van der Waals surface area contributed by atoms with Crippen LogP contribution in [-0.4, -0.2) is 0 Å². The molecule has 4 heteroatoms. The Bertz CT molecular complexity index is 366. The normalized spacial score (nSPS) is 18.2. The minimum atomic E-state index is 0.273. The van der Waals surface area contributed by atoms with E-state index in [1.165, 1.54) is 28.4 Å². The van der Waals surface area contributed by atoms with Gasteiger partial charge in [-0.2, -0.15) is 0 Å². The Balaban J connectivity index is 2.14. The standard InChI is InChI=1S/C12H16BrIN2/c13-11-5-4-9(14)7-10(11)12(16-15)6-8-2-1-3-8/h4-5,7-8,12,16H,1-3,6,15H2. The highest BCUT2D eigenvalue weighted by Crippen LogP contribution is 2.36. The van der Waals surface area contributed by atoms with Crippen LogP contribution in [0.2, 0.25) is 0 Å². The van der Waals surface area contributed by atoms with Crippen LogP contribution in [0.15, 0.2) is 22.7 Å². The summed E-state index contributed by atoms with van der Waals surface area (Å²) in [5.74, 6) is 6.53. The first kappa shape index (κ1) is 12.8. The van der Waals surface area contributed by atoms with E-state index < -0.39 is 0 Å². The molecule has 1 fully saturated rings. The van der Waals surface area contributed by atoms with Crippen molar-refractivity contribution in [2.24, 2.45) is 11.8 Å². The van der Waals surface area contributed by atoms with Crippen LogP contribution < -0.4 is 11.3 Å². The van der Waals surface area contributed by atoms with Gasteiger partial charge in [-0.05, 0) is 58.7 Å². The van der Waals surface area contributed by atoms with E-state index in [1.54, 1.807) is 0 Å². The highest BCUT2D eigenvalue weighted by Gasteiger charge is 2.23. The minimum Gasteiger partial charge on any atom is -0.271 e. The van der Waals surface area contributed by atoms with Gasteiger partial charge in [0.05, 0.1) is 0 Å². The van der Waals surface area contributed by atoms with Crippen LogP contribution in [-0.2, 0) is 0 Å². The Kier molecular flexibility index (Phi) is 4.64. The fourth-order valence-corrected chi connectivity index (χ4v) is 3.17. The maximum Gasteiger partial charge on any atom is 0.0474 e. The molecule has 0 radical (unpaired) electrons. The van der Waals surface area contributed by atoms with Crippen LogP contribution in [0.5, 0.6) is 0 Å². The smallest absolute Gasteiger partial charge is 0.0474 e. The highest BCUT2D eigenvalue weighted by molar-refractivity contribution is 14.1. The average Bonchev–Trinajstić information content (AvgIpc) is 2.21. The number of rotatable bonds is 4. The van der Waals surface area contributed by atoms with E-state index in [9.17, 15) is 0 Å². The molecule has 1 aromatic rings. The average molecular weight is 395 g/mol. The Morgan fingerprint density at radius 1 is 1.50 bits per heavy atom. The van der Waals surface area contributed by atoms with Crippen LogP contribution in [0.25, 0.3) is 0 Å². The van der Waals surface area contributed by atoms with Gasteiger partial charge in [-0.25, -0.2) is 0 Å². The van der Waals surface area contributed by atoms with Crippen molar-refractivity contribution in [3.63, 3.8) is 0 Å². The second-order valence-corrected chi connectivity index (χ2v) is 6.52. The second kappa shape index (κ2) is 5.80. The monoisotopic (exact) mass is 394 g/mol. The van der Waals surface area contributed by atoms with Gasteiger partial charge in [0.1, 0.15) is 0 Å². The van der Waals surface area contributed by atoms with Gasteiger partial charge in [0, 0.05) is 14.1 Å². The van der Waals surface area contributed by atoms with E-state index in [-0.39, 0.29) is 6.04 Å². The molecule has 1 aliphatic carbocycles. The molecule has 0 aliphatic heterocycles. The van der Waals surface area contributed by atoms with Crippen LogP contribution >= 0.6 is 38.5 Å². The predicted octanol–water partition coefficient (Wildman–Crippen LogP) is 3.75. The van der Waals surface area contributed by atoms with Crippen LogP contribution in [0, 0.1) is 9.49 Å². The zero-order valence-corrected chi connectivity index (χ0v) is 12.8. The summed E-state index contributed by atoms with van der Waals surface area (Å²) >= 11 is 5.94. The molecule has 16 heavy (non-hydrogen) atoms. The summed E-state index contributed by atoms with van der Waals surface area (Å²) in [6.07, 6.45) is 5.25. The van der Waals surface area contributed by atoms with Crippen molar-refractivity contribution < 1.29 is 0 Å². The molecule has 2 rings (SSSR count). The van der Waals surface area contributed by atoms with Crippen LogP contribution in [0.1, 0.15) is 37.3 Å². The van der Waals surface area contributed by atoms with Gasteiger partial charge in [-0.3, -0.25) is 11.3 Å². The summed E-state index contributed by atoms with van der Waals surface area (Å²) in [7, 11) is 0. The third-order valence-electron chi connectivity index (χ3n) is 3.33. The topological polar surface area (TPSA) is 38.0 Å². The summed E-state index contributed by atoms with van der Waals surface area (Å²) in [5, 5.41) is 0. The van der Waals surface area contributed by atoms with Crippen molar-refractivity contribution in [1.82, 2.24) is 5.43 Å².